The maximum absolute atomic E-state index is 5.90. The molecule has 1 aliphatic heterocycles. The van der Waals surface area contributed by atoms with Crippen LogP contribution in [0.15, 0.2) is 18.2 Å². The van der Waals surface area contributed by atoms with E-state index in [0.29, 0.717) is 23.6 Å². The Morgan fingerprint density at radius 3 is 2.88 bits per heavy atom. The van der Waals surface area contributed by atoms with E-state index in [4.69, 9.17) is 32.7 Å². The van der Waals surface area contributed by atoms with Gasteiger partial charge in [-0.3, -0.25) is 0 Å². The van der Waals surface area contributed by atoms with Crippen molar-refractivity contribution in [1.29, 1.82) is 0 Å². The molecule has 1 heterocycles. The lowest BCUT2D eigenvalue weighted by molar-refractivity contribution is 0.0263. The molecule has 0 aliphatic carbocycles. The number of rotatable bonds is 4. The number of ether oxygens (including phenoxy) is 2. The number of halogens is 2. The van der Waals surface area contributed by atoms with Crippen LogP contribution in [0.3, 0.4) is 0 Å². The van der Waals surface area contributed by atoms with Crippen LogP contribution in [-0.2, 0) is 10.6 Å². The van der Waals surface area contributed by atoms with Gasteiger partial charge in [-0.2, -0.15) is 0 Å². The highest BCUT2D eigenvalue weighted by Gasteiger charge is 2.22. The number of alkyl halides is 1. The topological polar surface area (TPSA) is 18.5 Å². The lowest BCUT2D eigenvalue weighted by Gasteiger charge is -2.14. The van der Waals surface area contributed by atoms with Crippen molar-refractivity contribution < 1.29 is 9.47 Å². The van der Waals surface area contributed by atoms with Crippen LogP contribution >= 0.6 is 23.2 Å². The Kier molecular flexibility index (Phi) is 4.55. The van der Waals surface area contributed by atoms with E-state index < -0.39 is 0 Å². The summed E-state index contributed by atoms with van der Waals surface area (Å²) in [5, 5.41) is 0.679. The van der Waals surface area contributed by atoms with Crippen LogP contribution in [0.2, 0.25) is 5.02 Å². The molecule has 1 saturated heterocycles. The summed E-state index contributed by atoms with van der Waals surface area (Å²) in [7, 11) is 0. The quantitative estimate of drug-likeness (QED) is 0.772. The highest BCUT2D eigenvalue weighted by atomic mass is 35.5. The molecular weight excluding hydrogens is 259 g/mol. The third-order valence-corrected chi connectivity index (χ3v) is 3.43. The van der Waals surface area contributed by atoms with Gasteiger partial charge in [0.05, 0.1) is 18.1 Å². The summed E-state index contributed by atoms with van der Waals surface area (Å²) in [6.07, 6.45) is 2.72. The standard InChI is InChI=1S/C13H16Cl2O2/c1-9-2-4-12(17-9)8-16-13-5-3-11(15)6-10(13)7-14/h3,5-6,9,12H,2,4,7-8H2,1H3. The van der Waals surface area contributed by atoms with Gasteiger partial charge in [0.1, 0.15) is 12.4 Å². The van der Waals surface area contributed by atoms with Gasteiger partial charge in [0.25, 0.3) is 0 Å². The summed E-state index contributed by atoms with van der Waals surface area (Å²) in [5.41, 5.74) is 0.921. The first-order valence-electron chi connectivity index (χ1n) is 5.81. The molecule has 0 saturated carbocycles. The molecule has 0 N–H and O–H groups in total. The summed E-state index contributed by atoms with van der Waals surface area (Å²) in [4.78, 5) is 0. The number of hydrogen-bond donors (Lipinski definition) is 0. The van der Waals surface area contributed by atoms with E-state index in [1.54, 1.807) is 0 Å². The fourth-order valence-corrected chi connectivity index (χ4v) is 2.39. The molecule has 0 radical (unpaired) electrons. The van der Waals surface area contributed by atoms with Gasteiger partial charge in [-0.1, -0.05) is 11.6 Å². The van der Waals surface area contributed by atoms with E-state index in [1.807, 2.05) is 18.2 Å². The minimum atomic E-state index is 0.198. The van der Waals surface area contributed by atoms with Crippen molar-refractivity contribution in [2.75, 3.05) is 6.61 Å². The first kappa shape index (κ1) is 13.0. The van der Waals surface area contributed by atoms with Gasteiger partial charge >= 0.3 is 0 Å². The van der Waals surface area contributed by atoms with Crippen molar-refractivity contribution >= 4 is 23.2 Å². The number of hydrogen-bond acceptors (Lipinski definition) is 2. The van der Waals surface area contributed by atoms with Crippen molar-refractivity contribution in [3.63, 3.8) is 0 Å². The highest BCUT2D eigenvalue weighted by molar-refractivity contribution is 6.30. The van der Waals surface area contributed by atoms with Gasteiger partial charge in [0.2, 0.25) is 0 Å². The molecule has 1 aliphatic rings. The van der Waals surface area contributed by atoms with Gasteiger partial charge in [-0.15, -0.1) is 11.6 Å². The molecule has 2 atom stereocenters. The third-order valence-electron chi connectivity index (χ3n) is 2.91. The second kappa shape index (κ2) is 5.94. The van der Waals surface area contributed by atoms with Crippen LogP contribution in [0.5, 0.6) is 5.75 Å². The van der Waals surface area contributed by atoms with Crippen LogP contribution < -0.4 is 4.74 Å². The van der Waals surface area contributed by atoms with E-state index in [2.05, 4.69) is 6.92 Å². The van der Waals surface area contributed by atoms with Gasteiger partial charge in [-0.25, -0.2) is 0 Å². The average Bonchev–Trinajstić information content (AvgIpc) is 2.73. The molecule has 0 spiro atoms. The zero-order valence-electron chi connectivity index (χ0n) is 9.79. The highest BCUT2D eigenvalue weighted by Crippen LogP contribution is 2.26. The summed E-state index contributed by atoms with van der Waals surface area (Å²) >= 11 is 11.8. The first-order chi connectivity index (χ1) is 8.19. The Hall–Kier alpha value is -0.440. The Labute approximate surface area is 112 Å². The first-order valence-corrected chi connectivity index (χ1v) is 6.73. The summed E-state index contributed by atoms with van der Waals surface area (Å²) in [6.45, 7) is 2.67. The fourth-order valence-electron chi connectivity index (χ4n) is 1.98. The lowest BCUT2D eigenvalue weighted by atomic mass is 10.2. The largest absolute Gasteiger partial charge is 0.491 e. The minimum absolute atomic E-state index is 0.198. The molecule has 2 rings (SSSR count). The van der Waals surface area contributed by atoms with Crippen LogP contribution in [0.25, 0.3) is 0 Å². The predicted octanol–water partition coefficient (Wildman–Crippen LogP) is 4.03. The second-order valence-corrected chi connectivity index (χ2v) is 5.05. The van der Waals surface area contributed by atoms with E-state index >= 15 is 0 Å². The maximum atomic E-state index is 5.90. The van der Waals surface area contributed by atoms with Crippen LogP contribution in [0, 0.1) is 0 Å². The third kappa shape index (κ3) is 3.51. The lowest BCUT2D eigenvalue weighted by Crippen LogP contribution is -2.18. The molecule has 94 valence electrons. The van der Waals surface area contributed by atoms with Crippen LogP contribution in [-0.4, -0.2) is 18.8 Å². The van der Waals surface area contributed by atoms with E-state index in [-0.39, 0.29) is 6.10 Å². The molecule has 1 fully saturated rings. The van der Waals surface area contributed by atoms with Crippen LogP contribution in [0.1, 0.15) is 25.3 Å². The molecule has 2 unspecified atom stereocenters. The molecular formula is C13H16Cl2O2. The summed E-state index contributed by atoms with van der Waals surface area (Å²) < 4.78 is 11.4. The maximum Gasteiger partial charge on any atom is 0.123 e. The second-order valence-electron chi connectivity index (χ2n) is 4.34. The van der Waals surface area contributed by atoms with Crippen molar-refractivity contribution in [1.82, 2.24) is 0 Å². The molecule has 1 aromatic carbocycles. The molecule has 0 bridgehead atoms. The van der Waals surface area contributed by atoms with Crippen molar-refractivity contribution in [2.24, 2.45) is 0 Å². The van der Waals surface area contributed by atoms with Crippen molar-refractivity contribution in [3.8, 4) is 5.75 Å². The molecule has 0 aromatic heterocycles. The van der Waals surface area contributed by atoms with E-state index in [0.717, 1.165) is 24.2 Å². The Morgan fingerprint density at radius 1 is 1.41 bits per heavy atom. The van der Waals surface area contributed by atoms with Crippen LogP contribution in [0.4, 0.5) is 0 Å². The Balaban J connectivity index is 1.94. The molecule has 1 aromatic rings. The molecule has 17 heavy (non-hydrogen) atoms. The molecule has 4 heteroatoms. The Morgan fingerprint density at radius 2 is 2.24 bits per heavy atom. The van der Waals surface area contributed by atoms with Gasteiger partial charge in [-0.05, 0) is 38.0 Å². The molecule has 0 amide bonds. The summed E-state index contributed by atoms with van der Waals surface area (Å²) in [5.74, 6) is 1.20. The van der Waals surface area contributed by atoms with Crippen molar-refractivity contribution in [2.45, 2.75) is 37.9 Å². The zero-order chi connectivity index (χ0) is 12.3. The normalized spacial score (nSPS) is 23.9. The SMILES string of the molecule is CC1CCC(COc2ccc(Cl)cc2CCl)O1. The smallest absolute Gasteiger partial charge is 0.123 e. The van der Waals surface area contributed by atoms with Gasteiger partial charge in [0, 0.05) is 10.6 Å². The Bertz CT molecular complexity index is 382. The van der Waals surface area contributed by atoms with Gasteiger partial charge in [0.15, 0.2) is 0 Å². The molecule has 2 nitrogen and oxygen atoms in total. The van der Waals surface area contributed by atoms with Crippen molar-refractivity contribution in [3.05, 3.63) is 28.8 Å². The van der Waals surface area contributed by atoms with E-state index in [1.165, 1.54) is 0 Å². The monoisotopic (exact) mass is 274 g/mol. The van der Waals surface area contributed by atoms with Gasteiger partial charge < -0.3 is 9.47 Å². The zero-order valence-corrected chi connectivity index (χ0v) is 11.3. The predicted molar refractivity (Wildman–Crippen MR) is 70.1 cm³/mol. The number of benzene rings is 1. The van der Waals surface area contributed by atoms with E-state index in [9.17, 15) is 0 Å². The average molecular weight is 275 g/mol. The fraction of sp³-hybridized carbons (Fsp3) is 0.538. The minimum Gasteiger partial charge on any atom is -0.491 e. The summed E-state index contributed by atoms with van der Waals surface area (Å²) in [6, 6.07) is 5.51.